The second-order valence-electron chi connectivity index (χ2n) is 6.08. The lowest BCUT2D eigenvalue weighted by Crippen LogP contribution is -2.35. The molecule has 1 aromatic rings. The van der Waals surface area contributed by atoms with E-state index in [-0.39, 0.29) is 12.5 Å². The molecule has 0 bridgehead atoms. The quantitative estimate of drug-likeness (QED) is 0.868. The van der Waals surface area contributed by atoms with Crippen molar-refractivity contribution in [1.82, 2.24) is 9.88 Å². The number of amides is 1. The van der Waals surface area contributed by atoms with Gasteiger partial charge in [0, 0.05) is 31.4 Å². The molecule has 2 heterocycles. The molecule has 6 nitrogen and oxygen atoms in total. The van der Waals surface area contributed by atoms with Crippen LogP contribution in [0.1, 0.15) is 32.3 Å². The van der Waals surface area contributed by atoms with Crippen LogP contribution in [-0.2, 0) is 9.53 Å². The highest BCUT2D eigenvalue weighted by Crippen LogP contribution is 2.33. The summed E-state index contributed by atoms with van der Waals surface area (Å²) in [6.07, 6.45) is 3.07. The maximum absolute atomic E-state index is 12.0. The number of hydrogen-bond donors (Lipinski definition) is 2. The highest BCUT2D eigenvalue weighted by Gasteiger charge is 2.41. The van der Waals surface area contributed by atoms with Crippen LogP contribution < -0.4 is 0 Å². The van der Waals surface area contributed by atoms with Crippen LogP contribution in [0.25, 0.3) is 0 Å². The van der Waals surface area contributed by atoms with Gasteiger partial charge in [0.2, 0.25) is 0 Å². The Hall–Kier alpha value is -1.98. The minimum absolute atomic E-state index is 0.181. The number of nitrogens with zero attached hydrogens (tertiary/aromatic N) is 1. The smallest absolute Gasteiger partial charge is 0.410 e. The second kappa shape index (κ2) is 5.19. The van der Waals surface area contributed by atoms with Gasteiger partial charge in [0.05, 0.1) is 5.92 Å². The molecule has 1 saturated heterocycles. The predicted molar refractivity (Wildman–Crippen MR) is 72.5 cm³/mol. The van der Waals surface area contributed by atoms with Crippen molar-refractivity contribution in [2.45, 2.75) is 32.3 Å². The fourth-order valence-electron chi connectivity index (χ4n) is 2.43. The normalized spacial score (nSPS) is 22.9. The van der Waals surface area contributed by atoms with Crippen molar-refractivity contribution in [3.8, 4) is 0 Å². The monoisotopic (exact) mass is 280 g/mol. The molecule has 110 valence electrons. The lowest BCUT2D eigenvalue weighted by Gasteiger charge is -2.24. The van der Waals surface area contributed by atoms with Crippen molar-refractivity contribution < 1.29 is 19.4 Å². The molecule has 0 spiro atoms. The Labute approximate surface area is 117 Å². The number of rotatable bonds is 2. The molecule has 0 aliphatic carbocycles. The minimum Gasteiger partial charge on any atom is -0.481 e. The predicted octanol–water partition coefficient (Wildman–Crippen LogP) is 2.05. The number of H-pyrrole nitrogens is 1. The van der Waals surface area contributed by atoms with E-state index in [1.807, 2.05) is 6.07 Å². The fourth-order valence-corrected chi connectivity index (χ4v) is 2.43. The van der Waals surface area contributed by atoms with Gasteiger partial charge in [0.25, 0.3) is 0 Å². The van der Waals surface area contributed by atoms with Gasteiger partial charge < -0.3 is 19.7 Å². The summed E-state index contributed by atoms with van der Waals surface area (Å²) in [7, 11) is 0. The topological polar surface area (TPSA) is 82.6 Å². The highest BCUT2D eigenvalue weighted by atomic mass is 16.6. The molecular weight excluding hydrogens is 260 g/mol. The van der Waals surface area contributed by atoms with Gasteiger partial charge in [-0.3, -0.25) is 4.79 Å². The van der Waals surface area contributed by atoms with Gasteiger partial charge in [-0.05, 0) is 32.4 Å². The first kappa shape index (κ1) is 14.4. The molecule has 1 fully saturated rings. The van der Waals surface area contributed by atoms with E-state index >= 15 is 0 Å². The van der Waals surface area contributed by atoms with Crippen LogP contribution in [0.4, 0.5) is 4.79 Å². The summed E-state index contributed by atoms with van der Waals surface area (Å²) in [5, 5.41) is 9.33. The molecule has 1 aliphatic rings. The number of carbonyl (C=O) groups is 2. The van der Waals surface area contributed by atoms with Crippen LogP contribution in [0.3, 0.4) is 0 Å². The van der Waals surface area contributed by atoms with Gasteiger partial charge in [-0.1, -0.05) is 0 Å². The number of hydrogen-bond acceptors (Lipinski definition) is 3. The zero-order valence-electron chi connectivity index (χ0n) is 11.9. The van der Waals surface area contributed by atoms with Gasteiger partial charge in [-0.15, -0.1) is 0 Å². The Morgan fingerprint density at radius 3 is 2.60 bits per heavy atom. The average Bonchev–Trinajstić information content (AvgIpc) is 2.95. The van der Waals surface area contributed by atoms with Gasteiger partial charge in [0.1, 0.15) is 5.60 Å². The molecule has 2 rings (SSSR count). The van der Waals surface area contributed by atoms with Crippen LogP contribution in [-0.4, -0.2) is 45.7 Å². The molecule has 1 aliphatic heterocycles. The number of ether oxygens (including phenoxy) is 1. The Morgan fingerprint density at radius 2 is 2.10 bits per heavy atom. The lowest BCUT2D eigenvalue weighted by atomic mass is 9.91. The second-order valence-corrected chi connectivity index (χ2v) is 6.08. The Kier molecular flexibility index (Phi) is 3.74. The Balaban J connectivity index is 2.12. The zero-order chi connectivity index (χ0) is 14.9. The van der Waals surface area contributed by atoms with E-state index < -0.39 is 23.6 Å². The molecule has 2 unspecified atom stereocenters. The summed E-state index contributed by atoms with van der Waals surface area (Å²) >= 11 is 0. The van der Waals surface area contributed by atoms with Gasteiger partial charge in [-0.2, -0.15) is 0 Å². The van der Waals surface area contributed by atoms with Crippen molar-refractivity contribution in [3.05, 3.63) is 24.0 Å². The summed E-state index contributed by atoms with van der Waals surface area (Å²) in [6, 6.07) is 1.85. The third-order valence-corrected chi connectivity index (χ3v) is 3.34. The van der Waals surface area contributed by atoms with Crippen molar-refractivity contribution in [2.24, 2.45) is 5.92 Å². The maximum Gasteiger partial charge on any atom is 0.410 e. The largest absolute Gasteiger partial charge is 0.481 e. The van der Waals surface area contributed by atoms with Crippen LogP contribution in [0.2, 0.25) is 0 Å². The summed E-state index contributed by atoms with van der Waals surface area (Å²) in [5.74, 6) is -1.69. The third kappa shape index (κ3) is 3.12. The summed E-state index contributed by atoms with van der Waals surface area (Å²) < 4.78 is 5.30. The van der Waals surface area contributed by atoms with E-state index in [9.17, 15) is 14.7 Å². The number of nitrogens with one attached hydrogen (secondary N) is 1. The Bertz CT molecular complexity index is 490. The molecule has 2 N–H and O–H groups in total. The maximum atomic E-state index is 12.0. The van der Waals surface area contributed by atoms with Gasteiger partial charge in [-0.25, -0.2) is 4.79 Å². The van der Waals surface area contributed by atoms with Crippen molar-refractivity contribution in [2.75, 3.05) is 13.1 Å². The molecule has 0 aromatic carbocycles. The molecule has 0 saturated carbocycles. The van der Waals surface area contributed by atoms with E-state index in [0.717, 1.165) is 5.56 Å². The standard InChI is InChI=1S/C14H20N2O4/c1-14(2,3)20-13(19)16-7-10(9-4-5-15-6-9)11(8-16)12(17)18/h4-6,10-11,15H,7-8H2,1-3H3,(H,17,18). The SMILES string of the molecule is CC(C)(C)OC(=O)N1CC(C(=O)O)C(c2cc[nH]c2)C1. The van der Waals surface area contributed by atoms with E-state index in [1.54, 1.807) is 33.2 Å². The van der Waals surface area contributed by atoms with E-state index in [2.05, 4.69) is 4.98 Å². The number of aromatic amines is 1. The first-order chi connectivity index (χ1) is 9.28. The summed E-state index contributed by atoms with van der Waals surface area (Å²) in [5.41, 5.74) is 0.325. The molecule has 20 heavy (non-hydrogen) atoms. The lowest BCUT2D eigenvalue weighted by molar-refractivity contribution is -0.141. The zero-order valence-corrected chi connectivity index (χ0v) is 11.9. The number of aromatic nitrogens is 1. The summed E-state index contributed by atoms with van der Waals surface area (Å²) in [4.78, 5) is 27.8. The van der Waals surface area contributed by atoms with Crippen molar-refractivity contribution in [3.63, 3.8) is 0 Å². The van der Waals surface area contributed by atoms with Gasteiger partial charge >= 0.3 is 12.1 Å². The molecule has 1 aromatic heterocycles. The van der Waals surface area contributed by atoms with Gasteiger partial charge in [0.15, 0.2) is 0 Å². The third-order valence-electron chi connectivity index (χ3n) is 3.34. The van der Waals surface area contributed by atoms with E-state index in [4.69, 9.17) is 4.74 Å². The number of carbonyl (C=O) groups excluding carboxylic acids is 1. The van der Waals surface area contributed by atoms with Crippen LogP contribution >= 0.6 is 0 Å². The fraction of sp³-hybridized carbons (Fsp3) is 0.571. The highest BCUT2D eigenvalue weighted by molar-refractivity contribution is 5.75. The number of aliphatic carboxylic acids is 1. The van der Waals surface area contributed by atoms with Crippen LogP contribution in [0, 0.1) is 5.92 Å². The Morgan fingerprint density at radius 1 is 1.40 bits per heavy atom. The van der Waals surface area contributed by atoms with E-state index in [1.165, 1.54) is 4.90 Å². The number of carboxylic acids is 1. The van der Waals surface area contributed by atoms with Crippen LogP contribution in [0.15, 0.2) is 18.5 Å². The number of likely N-dealkylation sites (tertiary alicyclic amines) is 1. The van der Waals surface area contributed by atoms with E-state index in [0.29, 0.717) is 6.54 Å². The van der Waals surface area contributed by atoms with Crippen LogP contribution in [0.5, 0.6) is 0 Å². The average molecular weight is 280 g/mol. The van der Waals surface area contributed by atoms with Crippen molar-refractivity contribution in [1.29, 1.82) is 0 Å². The molecule has 2 atom stereocenters. The molecule has 0 radical (unpaired) electrons. The minimum atomic E-state index is -0.887. The first-order valence-electron chi connectivity index (χ1n) is 6.61. The van der Waals surface area contributed by atoms with Crippen molar-refractivity contribution >= 4 is 12.1 Å². The number of carboxylic acid groups (broad SMARTS) is 1. The molecular formula is C14H20N2O4. The molecule has 6 heteroatoms. The molecule has 1 amide bonds. The first-order valence-corrected chi connectivity index (χ1v) is 6.61. The summed E-state index contributed by atoms with van der Waals surface area (Å²) in [6.45, 7) is 5.92.